The maximum absolute atomic E-state index is 8.39. The first kappa shape index (κ1) is 9.34. The third-order valence-electron chi connectivity index (χ3n) is 0. The molecule has 0 heterocycles. The van der Waals surface area contributed by atoms with E-state index in [0.717, 1.165) is 0 Å². The summed E-state index contributed by atoms with van der Waals surface area (Å²) in [6, 6.07) is 0. The molecule has 0 aromatic heterocycles. The van der Waals surface area contributed by atoms with E-state index in [0.29, 0.717) is 0 Å². The molecule has 0 spiro atoms. The average molecular weight is 420 g/mol. The zero-order valence-electron chi connectivity index (χ0n) is 2.21. The Morgan fingerprint density at radius 1 is 1.50 bits per heavy atom. The van der Waals surface area contributed by atoms with Crippen molar-refractivity contribution >= 4 is 13.3 Å². The van der Waals surface area contributed by atoms with E-state index in [1.165, 1.54) is 13.3 Å². The van der Waals surface area contributed by atoms with Crippen molar-refractivity contribution in [2.75, 3.05) is 0 Å². The van der Waals surface area contributed by atoms with Crippen LogP contribution in [0.15, 0.2) is 0 Å². The Labute approximate surface area is 58.6 Å². The van der Waals surface area contributed by atoms with Crippen molar-refractivity contribution in [3.05, 3.63) is 0 Å². The van der Waals surface area contributed by atoms with Crippen molar-refractivity contribution < 1.29 is 46.1 Å². The van der Waals surface area contributed by atoms with Crippen LogP contribution in [0.2, 0.25) is 0 Å². The number of rotatable bonds is 0. The van der Waals surface area contributed by atoms with E-state index in [-0.39, 0.29) is 24.4 Å². The van der Waals surface area contributed by atoms with Crippen LogP contribution in [0.4, 0.5) is 0 Å². The fourth-order valence-electron chi connectivity index (χ4n) is 0. The Morgan fingerprint density at radius 2 is 1.50 bits per heavy atom. The van der Waals surface area contributed by atoms with Gasteiger partial charge in [0.15, 0.2) is 0 Å². The Bertz CT molecular complexity index is 8.00. The minimum atomic E-state index is 0.0556. The van der Waals surface area contributed by atoms with Crippen LogP contribution in [0.5, 0.6) is 0 Å². The normalized spacial score (nSPS) is 2.25. The van der Waals surface area contributed by atoms with E-state index < -0.39 is 0 Å². The molecule has 0 saturated heterocycles. The first-order valence-electron chi connectivity index (χ1n) is 0.506. The quantitative estimate of drug-likeness (QED) is 0.458. The summed E-state index contributed by atoms with van der Waals surface area (Å²) in [5, 5.41) is 0. The summed E-state index contributed by atoms with van der Waals surface area (Å²) < 4.78 is 8.39. The minimum absolute atomic E-state index is 0.0556. The van der Waals surface area contributed by atoms with E-state index in [1.807, 2.05) is 0 Å². The van der Waals surface area contributed by atoms with Crippen LogP contribution in [0.25, 0.3) is 0 Å². The molecule has 0 unspecified atom stereocenters. The van der Waals surface area contributed by atoms with Gasteiger partial charge in [-0.3, -0.25) is 0 Å². The molecule has 0 fully saturated rings. The molecule has 0 aromatic carbocycles. The van der Waals surface area contributed by atoms with Gasteiger partial charge in [0.2, 0.25) is 0 Å². The van der Waals surface area contributed by atoms with Crippen molar-refractivity contribution in [2.45, 2.75) is 0 Å². The molecule has 0 bridgehead atoms. The van der Waals surface area contributed by atoms with Gasteiger partial charge in [0.25, 0.3) is 0 Å². The molecule has 0 rings (SSSR count). The summed E-state index contributed by atoms with van der Waals surface area (Å²) >= 11 is 3.72. The van der Waals surface area contributed by atoms with Crippen molar-refractivity contribution in [3.63, 3.8) is 0 Å². The molecule has 0 aliphatic rings. The topological polar surface area (TPSA) is 17.1 Å². The van der Waals surface area contributed by atoms with Crippen LogP contribution in [0.3, 0.4) is 0 Å². The van der Waals surface area contributed by atoms with Gasteiger partial charge in [0.1, 0.15) is 0 Å². The molecule has 1 nitrogen and oxygen atoms in total. The van der Waals surface area contributed by atoms with Crippen LogP contribution in [0, 0.1) is 0 Å². The predicted octanol–water partition coefficient (Wildman–Crippen LogP) is -1.04. The van der Waals surface area contributed by atoms with Gasteiger partial charge in [-0.1, -0.05) is 0 Å². The molecule has 0 radical (unpaired) electrons. The van der Waals surface area contributed by atoms with E-state index in [4.69, 9.17) is 2.85 Å². The summed E-state index contributed by atoms with van der Waals surface area (Å²) in [6.45, 7) is 0. The predicted molar refractivity (Wildman–Crippen MR) is 9.23 cm³/mol. The maximum atomic E-state index is 8.39. The van der Waals surface area contributed by atoms with Gasteiger partial charge in [-0.2, -0.15) is 0 Å². The SMILES string of the molecule is [AlH2][Au].[O]=[Hf]. The number of hydrogen-bond acceptors (Lipinski definition) is 1. The fraction of sp³-hybridized carbons (Fsp3) is 0. The summed E-state index contributed by atoms with van der Waals surface area (Å²) in [4.78, 5) is 0. The summed E-state index contributed by atoms with van der Waals surface area (Å²) in [5.74, 6) is 0. The molecule has 4 heavy (non-hydrogen) atoms. The van der Waals surface area contributed by atoms with Gasteiger partial charge in [0.05, 0.1) is 0 Å². The average Bonchev–Trinajstić information content (AvgIpc) is 1.50. The molecular formula is H2AlAuHfO. The van der Waals surface area contributed by atoms with Gasteiger partial charge >= 0.3 is 59.4 Å². The van der Waals surface area contributed by atoms with Crippen LogP contribution in [-0.4, -0.2) is 13.3 Å². The molecule has 0 N–H and O–H groups in total. The van der Waals surface area contributed by atoms with Crippen LogP contribution >= 0.6 is 0 Å². The van der Waals surface area contributed by atoms with Gasteiger partial charge < -0.3 is 0 Å². The molecule has 0 aliphatic carbocycles. The standard InChI is InChI=1S/Al.Au.Hf.O.2H. The molecule has 0 aliphatic heterocycles. The summed E-state index contributed by atoms with van der Waals surface area (Å²) in [5.41, 5.74) is 0. The van der Waals surface area contributed by atoms with Crippen molar-refractivity contribution in [1.82, 2.24) is 0 Å². The summed E-state index contributed by atoms with van der Waals surface area (Å²) in [6.07, 6.45) is 0. The van der Waals surface area contributed by atoms with Crippen molar-refractivity contribution in [1.29, 1.82) is 0 Å². The van der Waals surface area contributed by atoms with Gasteiger partial charge in [-0.05, 0) is 0 Å². The second-order valence-electron chi connectivity index (χ2n) is 0. The Balaban J connectivity index is 0. The Morgan fingerprint density at radius 3 is 1.50 bits per heavy atom. The molecule has 0 aromatic rings. The fourth-order valence-corrected chi connectivity index (χ4v) is 0. The molecule has 0 atom stereocenters. The van der Waals surface area contributed by atoms with Gasteiger partial charge in [-0.15, -0.1) is 0 Å². The number of hydrogen-bond donors (Lipinski definition) is 0. The molecule has 4 heteroatoms. The van der Waals surface area contributed by atoms with Crippen LogP contribution in [0.1, 0.15) is 0 Å². The van der Waals surface area contributed by atoms with E-state index in [1.54, 1.807) is 0 Å². The molecule has 0 amide bonds. The molecule has 26 valence electrons. The first-order valence-corrected chi connectivity index (χ1v) is 9.07. The van der Waals surface area contributed by atoms with E-state index in [9.17, 15) is 0 Å². The Hall–Kier alpha value is 1.94. The van der Waals surface area contributed by atoms with Crippen LogP contribution in [-0.2, 0) is 46.1 Å². The zero-order chi connectivity index (χ0) is 4.00. The first-order chi connectivity index (χ1) is 2.00. The van der Waals surface area contributed by atoms with Gasteiger partial charge in [0, 0.05) is 0 Å². The van der Waals surface area contributed by atoms with Crippen LogP contribution < -0.4 is 0 Å². The zero-order valence-corrected chi connectivity index (χ0v) is 9.97. The Kier molecular flexibility index (Phi) is 47.5. The second kappa shape index (κ2) is 20.4. The molecule has 0 saturated carbocycles. The summed E-state index contributed by atoms with van der Waals surface area (Å²) in [7, 11) is 0. The second-order valence-corrected chi connectivity index (χ2v) is 0. The van der Waals surface area contributed by atoms with Crippen molar-refractivity contribution in [3.8, 4) is 0 Å². The van der Waals surface area contributed by atoms with Crippen molar-refractivity contribution in [2.24, 2.45) is 0 Å². The van der Waals surface area contributed by atoms with E-state index >= 15 is 0 Å². The molecular weight excluding hydrogens is 418 g/mol. The third kappa shape index (κ3) is 9.05. The monoisotopic (exact) mass is 422 g/mol. The third-order valence-corrected chi connectivity index (χ3v) is 0. The van der Waals surface area contributed by atoms with Gasteiger partial charge in [-0.25, -0.2) is 0 Å². The van der Waals surface area contributed by atoms with E-state index in [2.05, 4.69) is 18.8 Å².